The number of para-hydroxylation sites is 2. The Hall–Kier alpha value is -2.95. The van der Waals surface area contributed by atoms with E-state index in [2.05, 4.69) is 20.5 Å². The standard InChI is InChI=1S/C21H24N4O5/c26-12-18(28)20(30)19(29)17(27)11-22-25-21-16(10-13-6-2-1-3-7-13)23-14-8-4-5-9-15(14)24-21/h1-9,11,17-20,26-30H,10,12H2,(H,24,25)/b22-11+/t17?,18-,19-,20+/m1/s1. The van der Waals surface area contributed by atoms with Crippen molar-refractivity contribution in [3.8, 4) is 0 Å². The number of aromatic nitrogens is 2. The van der Waals surface area contributed by atoms with Crippen LogP contribution in [-0.4, -0.2) is 72.7 Å². The summed E-state index contributed by atoms with van der Waals surface area (Å²) in [4.78, 5) is 9.19. The lowest BCUT2D eigenvalue weighted by Crippen LogP contribution is -2.46. The molecule has 9 nitrogen and oxygen atoms in total. The Balaban J connectivity index is 1.80. The molecule has 3 rings (SSSR count). The highest BCUT2D eigenvalue weighted by Gasteiger charge is 2.29. The second kappa shape index (κ2) is 10.2. The van der Waals surface area contributed by atoms with Gasteiger partial charge in [-0.3, -0.25) is 5.43 Å². The van der Waals surface area contributed by atoms with Gasteiger partial charge >= 0.3 is 0 Å². The van der Waals surface area contributed by atoms with Crippen LogP contribution in [0.1, 0.15) is 11.3 Å². The maximum Gasteiger partial charge on any atom is 0.169 e. The highest BCUT2D eigenvalue weighted by Crippen LogP contribution is 2.20. The molecule has 0 aliphatic heterocycles. The van der Waals surface area contributed by atoms with Crippen LogP contribution >= 0.6 is 0 Å². The summed E-state index contributed by atoms with van der Waals surface area (Å²) < 4.78 is 0. The number of fused-ring (bicyclic) bond motifs is 1. The first kappa shape index (κ1) is 21.8. The molecule has 2 aromatic carbocycles. The van der Waals surface area contributed by atoms with Gasteiger partial charge in [0.05, 0.1) is 29.5 Å². The molecule has 1 aromatic heterocycles. The number of nitrogens with one attached hydrogen (secondary N) is 1. The number of rotatable bonds is 9. The van der Waals surface area contributed by atoms with Gasteiger partial charge in [0.2, 0.25) is 0 Å². The van der Waals surface area contributed by atoms with E-state index >= 15 is 0 Å². The molecule has 1 heterocycles. The minimum Gasteiger partial charge on any atom is -0.394 e. The predicted molar refractivity (Wildman–Crippen MR) is 112 cm³/mol. The molecule has 0 saturated carbocycles. The van der Waals surface area contributed by atoms with E-state index in [9.17, 15) is 20.4 Å². The number of hydrogen-bond acceptors (Lipinski definition) is 9. The lowest BCUT2D eigenvalue weighted by Gasteiger charge is -2.23. The fraction of sp³-hybridized carbons (Fsp3) is 0.286. The van der Waals surface area contributed by atoms with E-state index in [4.69, 9.17) is 5.11 Å². The third kappa shape index (κ3) is 5.35. The van der Waals surface area contributed by atoms with Gasteiger partial charge < -0.3 is 25.5 Å². The van der Waals surface area contributed by atoms with Crippen molar-refractivity contribution in [3.63, 3.8) is 0 Å². The first-order chi connectivity index (χ1) is 14.5. The van der Waals surface area contributed by atoms with Gasteiger partial charge in [-0.1, -0.05) is 42.5 Å². The van der Waals surface area contributed by atoms with Crippen LogP contribution in [0.5, 0.6) is 0 Å². The van der Waals surface area contributed by atoms with Crippen LogP contribution in [0.25, 0.3) is 11.0 Å². The SMILES string of the molecule is OC[C@@H](O)[C@H](O)[C@H](O)C(O)/C=N/Nc1nc2ccccc2nc1Cc1ccccc1. The Morgan fingerprint density at radius 2 is 1.50 bits per heavy atom. The Morgan fingerprint density at radius 3 is 2.17 bits per heavy atom. The minimum atomic E-state index is -1.73. The second-order valence-electron chi connectivity index (χ2n) is 6.78. The highest BCUT2D eigenvalue weighted by atomic mass is 16.4. The van der Waals surface area contributed by atoms with Crippen molar-refractivity contribution >= 4 is 23.1 Å². The third-order valence-electron chi connectivity index (χ3n) is 4.54. The van der Waals surface area contributed by atoms with Crippen LogP contribution < -0.4 is 5.43 Å². The summed E-state index contributed by atoms with van der Waals surface area (Å²) in [5, 5.41) is 51.6. The first-order valence-corrected chi connectivity index (χ1v) is 9.41. The zero-order valence-corrected chi connectivity index (χ0v) is 16.1. The lowest BCUT2D eigenvalue weighted by molar-refractivity contribution is -0.0999. The molecule has 3 aromatic rings. The van der Waals surface area contributed by atoms with Gasteiger partial charge in [-0.25, -0.2) is 9.97 Å². The fourth-order valence-electron chi connectivity index (χ4n) is 2.84. The van der Waals surface area contributed by atoms with Gasteiger partial charge in [-0.15, -0.1) is 0 Å². The summed E-state index contributed by atoms with van der Waals surface area (Å²) in [6.07, 6.45) is -5.15. The van der Waals surface area contributed by atoms with Gasteiger partial charge in [0.1, 0.15) is 24.4 Å². The molecule has 6 N–H and O–H groups in total. The van der Waals surface area contributed by atoms with Crippen molar-refractivity contribution in [2.75, 3.05) is 12.0 Å². The van der Waals surface area contributed by atoms with Crippen LogP contribution in [-0.2, 0) is 6.42 Å². The highest BCUT2D eigenvalue weighted by molar-refractivity contribution is 5.76. The Morgan fingerprint density at radius 1 is 0.867 bits per heavy atom. The van der Waals surface area contributed by atoms with Crippen LogP contribution in [0.4, 0.5) is 5.82 Å². The van der Waals surface area contributed by atoms with Crippen LogP contribution in [0.15, 0.2) is 59.7 Å². The van der Waals surface area contributed by atoms with Gasteiger partial charge in [0.25, 0.3) is 0 Å². The van der Waals surface area contributed by atoms with Crippen molar-refractivity contribution in [3.05, 3.63) is 65.9 Å². The quantitative estimate of drug-likeness (QED) is 0.213. The van der Waals surface area contributed by atoms with E-state index in [-0.39, 0.29) is 0 Å². The molecule has 0 saturated heterocycles. The maximum absolute atomic E-state index is 9.96. The Labute approximate surface area is 173 Å². The summed E-state index contributed by atoms with van der Waals surface area (Å²) in [7, 11) is 0. The molecule has 0 spiro atoms. The summed E-state index contributed by atoms with van der Waals surface area (Å²) in [5.74, 6) is 0.381. The number of hydrazone groups is 1. The summed E-state index contributed by atoms with van der Waals surface area (Å²) >= 11 is 0. The molecule has 0 amide bonds. The molecule has 158 valence electrons. The summed E-state index contributed by atoms with van der Waals surface area (Å²) in [6.45, 7) is -0.754. The zero-order chi connectivity index (χ0) is 21.5. The van der Waals surface area contributed by atoms with Crippen molar-refractivity contribution in [2.24, 2.45) is 5.10 Å². The molecule has 9 heteroatoms. The third-order valence-corrected chi connectivity index (χ3v) is 4.54. The maximum atomic E-state index is 9.96. The molecule has 0 fully saturated rings. The minimum absolute atomic E-state index is 0.381. The second-order valence-corrected chi connectivity index (χ2v) is 6.78. The predicted octanol–water partition coefficient (Wildman–Crippen LogP) is 0.0542. The molecule has 0 bridgehead atoms. The Bertz CT molecular complexity index is 986. The van der Waals surface area contributed by atoms with E-state index in [1.54, 1.807) is 0 Å². The molecule has 0 radical (unpaired) electrons. The van der Waals surface area contributed by atoms with Gasteiger partial charge in [0.15, 0.2) is 5.82 Å². The lowest BCUT2D eigenvalue weighted by atomic mass is 10.0. The molecule has 0 aliphatic carbocycles. The topological polar surface area (TPSA) is 151 Å². The molecular formula is C21H24N4O5. The van der Waals surface area contributed by atoms with Crippen LogP contribution in [0.3, 0.4) is 0 Å². The fourth-order valence-corrected chi connectivity index (χ4v) is 2.84. The molecule has 4 atom stereocenters. The Kier molecular flexibility index (Phi) is 7.39. The van der Waals surface area contributed by atoms with E-state index in [1.165, 1.54) is 0 Å². The number of hydrogen-bond donors (Lipinski definition) is 6. The van der Waals surface area contributed by atoms with Crippen LogP contribution in [0, 0.1) is 0 Å². The van der Waals surface area contributed by atoms with E-state index in [0.29, 0.717) is 23.4 Å². The van der Waals surface area contributed by atoms with Gasteiger partial charge in [-0.05, 0) is 17.7 Å². The van der Waals surface area contributed by atoms with Gasteiger partial charge in [0, 0.05) is 6.42 Å². The number of aliphatic hydroxyl groups is 5. The van der Waals surface area contributed by atoms with Crippen LogP contribution in [0.2, 0.25) is 0 Å². The molecule has 1 unspecified atom stereocenters. The number of benzene rings is 2. The average Bonchev–Trinajstić information content (AvgIpc) is 2.78. The van der Waals surface area contributed by atoms with Gasteiger partial charge in [-0.2, -0.15) is 5.10 Å². The largest absolute Gasteiger partial charge is 0.394 e. The molecular weight excluding hydrogens is 388 g/mol. The van der Waals surface area contributed by atoms with Crippen molar-refractivity contribution < 1.29 is 25.5 Å². The smallest absolute Gasteiger partial charge is 0.169 e. The molecule has 30 heavy (non-hydrogen) atoms. The van der Waals surface area contributed by atoms with E-state index < -0.39 is 31.0 Å². The van der Waals surface area contributed by atoms with E-state index in [1.807, 2.05) is 54.6 Å². The summed E-state index contributed by atoms with van der Waals surface area (Å²) in [5.41, 5.74) is 5.79. The average molecular weight is 412 g/mol. The van der Waals surface area contributed by atoms with E-state index in [0.717, 1.165) is 17.3 Å². The number of anilines is 1. The van der Waals surface area contributed by atoms with Crippen molar-refractivity contribution in [1.82, 2.24) is 9.97 Å². The molecule has 0 aliphatic rings. The summed E-state index contributed by atoms with van der Waals surface area (Å²) in [6, 6.07) is 17.1. The monoisotopic (exact) mass is 412 g/mol. The number of nitrogens with zero attached hydrogens (tertiary/aromatic N) is 3. The van der Waals surface area contributed by atoms with Crippen molar-refractivity contribution in [2.45, 2.75) is 30.8 Å². The normalized spacial score (nSPS) is 15.8. The first-order valence-electron chi connectivity index (χ1n) is 9.41. The van der Waals surface area contributed by atoms with Crippen molar-refractivity contribution in [1.29, 1.82) is 0 Å². The number of aliphatic hydroxyl groups excluding tert-OH is 5. The zero-order valence-electron chi connectivity index (χ0n) is 16.1.